The van der Waals surface area contributed by atoms with Gasteiger partial charge >= 0.3 is 0 Å². The van der Waals surface area contributed by atoms with Crippen molar-refractivity contribution in [2.45, 2.75) is 6.92 Å². The van der Waals surface area contributed by atoms with Gasteiger partial charge in [-0.3, -0.25) is 0 Å². The van der Waals surface area contributed by atoms with Crippen LogP contribution in [0.5, 0.6) is 5.75 Å². The van der Waals surface area contributed by atoms with Crippen LogP contribution < -0.4 is 16.0 Å². The van der Waals surface area contributed by atoms with E-state index in [1.165, 1.54) is 0 Å². The molecule has 0 saturated carbocycles. The highest BCUT2D eigenvalue weighted by Gasteiger charge is 2.11. The van der Waals surface area contributed by atoms with E-state index in [9.17, 15) is 0 Å². The van der Waals surface area contributed by atoms with Gasteiger partial charge in [0, 0.05) is 22.7 Å². The monoisotopic (exact) mass is 280 g/mol. The Bertz CT molecular complexity index is 801. The summed E-state index contributed by atoms with van der Waals surface area (Å²) in [5.74, 6) is 7.53. The van der Waals surface area contributed by atoms with E-state index in [0.717, 1.165) is 27.8 Å². The van der Waals surface area contributed by atoms with Crippen LogP contribution in [0.15, 0.2) is 42.5 Å². The highest BCUT2D eigenvalue weighted by molar-refractivity contribution is 5.98. The zero-order chi connectivity index (χ0) is 14.8. The van der Waals surface area contributed by atoms with E-state index in [0.29, 0.717) is 11.6 Å². The second-order valence-electron chi connectivity index (χ2n) is 4.72. The summed E-state index contributed by atoms with van der Waals surface area (Å²) in [6.07, 6.45) is 0. The van der Waals surface area contributed by atoms with Crippen molar-refractivity contribution in [3.05, 3.63) is 48.2 Å². The fraction of sp³-hybridized carbons (Fsp3) is 0.125. The molecule has 0 saturated heterocycles. The number of hydrazine groups is 1. The van der Waals surface area contributed by atoms with Gasteiger partial charge in [-0.2, -0.15) is 0 Å². The van der Waals surface area contributed by atoms with Gasteiger partial charge in [0.05, 0.1) is 7.11 Å². The van der Waals surface area contributed by atoms with Crippen molar-refractivity contribution in [3.8, 4) is 17.1 Å². The maximum absolute atomic E-state index is 5.46. The summed E-state index contributed by atoms with van der Waals surface area (Å²) in [6, 6.07) is 13.7. The first-order valence-electron chi connectivity index (χ1n) is 6.61. The van der Waals surface area contributed by atoms with Crippen molar-refractivity contribution in [1.29, 1.82) is 0 Å². The number of hydrogen-bond donors (Lipinski definition) is 2. The van der Waals surface area contributed by atoms with Crippen molar-refractivity contribution >= 4 is 16.6 Å². The van der Waals surface area contributed by atoms with Gasteiger partial charge in [0.25, 0.3) is 0 Å². The molecule has 0 unspecified atom stereocenters. The third-order valence-electron chi connectivity index (χ3n) is 3.35. The zero-order valence-electron chi connectivity index (χ0n) is 11.9. The summed E-state index contributed by atoms with van der Waals surface area (Å²) < 4.78 is 5.41. The maximum Gasteiger partial charge on any atom is 0.162 e. The first-order chi connectivity index (χ1) is 10.2. The summed E-state index contributed by atoms with van der Waals surface area (Å²) in [5.41, 5.74) is 4.38. The summed E-state index contributed by atoms with van der Waals surface area (Å²) >= 11 is 0. The largest absolute Gasteiger partial charge is 0.496 e. The van der Waals surface area contributed by atoms with E-state index in [2.05, 4.69) is 15.4 Å². The minimum atomic E-state index is 0.595. The zero-order valence-corrected chi connectivity index (χ0v) is 11.9. The first-order valence-corrected chi connectivity index (χ1v) is 6.61. The minimum Gasteiger partial charge on any atom is -0.496 e. The van der Waals surface area contributed by atoms with Crippen LogP contribution in [-0.4, -0.2) is 17.1 Å². The second-order valence-corrected chi connectivity index (χ2v) is 4.72. The van der Waals surface area contributed by atoms with Crippen LogP contribution in [0, 0.1) is 6.92 Å². The molecule has 21 heavy (non-hydrogen) atoms. The van der Waals surface area contributed by atoms with Gasteiger partial charge in [-0.1, -0.05) is 24.3 Å². The Kier molecular flexibility index (Phi) is 3.41. The molecule has 0 fully saturated rings. The first kappa shape index (κ1) is 13.3. The molecule has 0 aliphatic heterocycles. The quantitative estimate of drug-likeness (QED) is 0.570. The van der Waals surface area contributed by atoms with Crippen LogP contribution in [0.2, 0.25) is 0 Å². The predicted octanol–water partition coefficient (Wildman–Crippen LogP) is 2.90. The van der Waals surface area contributed by atoms with Gasteiger partial charge in [-0.05, 0) is 24.4 Å². The van der Waals surface area contributed by atoms with Crippen LogP contribution in [0.25, 0.3) is 22.2 Å². The number of nitrogens with one attached hydrogen (secondary N) is 1. The van der Waals surface area contributed by atoms with Crippen molar-refractivity contribution in [1.82, 2.24) is 9.97 Å². The van der Waals surface area contributed by atoms with Gasteiger partial charge < -0.3 is 10.2 Å². The molecule has 0 radical (unpaired) electrons. The van der Waals surface area contributed by atoms with E-state index < -0.39 is 0 Å². The number of nitrogens with zero attached hydrogens (tertiary/aromatic N) is 2. The van der Waals surface area contributed by atoms with Gasteiger partial charge in [0.1, 0.15) is 11.6 Å². The van der Waals surface area contributed by atoms with E-state index in [1.807, 2.05) is 43.3 Å². The van der Waals surface area contributed by atoms with Crippen LogP contribution in [0.3, 0.4) is 0 Å². The summed E-state index contributed by atoms with van der Waals surface area (Å²) in [5, 5.41) is 2.08. The van der Waals surface area contributed by atoms with Crippen molar-refractivity contribution in [3.63, 3.8) is 0 Å². The molecule has 1 heterocycles. The predicted molar refractivity (Wildman–Crippen MR) is 84.1 cm³/mol. The average Bonchev–Trinajstić information content (AvgIpc) is 2.53. The highest BCUT2D eigenvalue weighted by Crippen LogP contribution is 2.33. The smallest absolute Gasteiger partial charge is 0.162 e. The molecule has 5 heteroatoms. The Balaban J connectivity index is 2.28. The number of hydrogen-bond acceptors (Lipinski definition) is 5. The third kappa shape index (κ3) is 2.39. The molecule has 0 bridgehead atoms. The molecule has 0 atom stereocenters. The Hall–Kier alpha value is -2.66. The molecule has 1 aromatic heterocycles. The van der Waals surface area contributed by atoms with Crippen LogP contribution in [0.4, 0.5) is 5.82 Å². The summed E-state index contributed by atoms with van der Waals surface area (Å²) in [6.45, 7) is 1.91. The fourth-order valence-corrected chi connectivity index (χ4v) is 2.41. The van der Waals surface area contributed by atoms with Crippen molar-refractivity contribution in [2.24, 2.45) is 5.84 Å². The summed E-state index contributed by atoms with van der Waals surface area (Å²) in [4.78, 5) is 8.95. The molecule has 3 rings (SSSR count). The Labute approximate surface area is 122 Å². The maximum atomic E-state index is 5.46. The van der Waals surface area contributed by atoms with Gasteiger partial charge in [-0.25, -0.2) is 15.8 Å². The lowest BCUT2D eigenvalue weighted by molar-refractivity contribution is 0.420. The lowest BCUT2D eigenvalue weighted by Crippen LogP contribution is -2.10. The number of nitrogen functional groups attached to an aromatic ring is 1. The molecule has 0 amide bonds. The number of methoxy groups -OCH3 is 1. The molecule has 0 aliphatic rings. The summed E-state index contributed by atoms with van der Waals surface area (Å²) in [7, 11) is 1.67. The van der Waals surface area contributed by atoms with E-state index in [-0.39, 0.29) is 0 Å². The van der Waals surface area contributed by atoms with Gasteiger partial charge in [0.2, 0.25) is 0 Å². The standard InChI is InChI=1S/C16H16N4O/c1-10-9-15(20-17)19-16(18-10)13-7-8-14(21-2)12-6-4-3-5-11(12)13/h3-9H,17H2,1-2H3,(H,18,19,20). The molecule has 0 spiro atoms. The molecule has 0 aliphatic carbocycles. The number of nitrogens with two attached hydrogens (primary N) is 1. The number of aryl methyl sites for hydroxylation is 1. The SMILES string of the molecule is COc1ccc(-c2nc(C)cc(NN)n2)c2ccccc12. The van der Waals surface area contributed by atoms with E-state index >= 15 is 0 Å². The average molecular weight is 280 g/mol. The Morgan fingerprint density at radius 3 is 2.52 bits per heavy atom. The number of aromatic nitrogens is 2. The van der Waals surface area contributed by atoms with Crippen molar-refractivity contribution < 1.29 is 4.74 Å². The highest BCUT2D eigenvalue weighted by atomic mass is 16.5. The van der Waals surface area contributed by atoms with Crippen molar-refractivity contribution in [2.75, 3.05) is 12.5 Å². The number of ether oxygens (including phenoxy) is 1. The fourth-order valence-electron chi connectivity index (χ4n) is 2.41. The van der Waals surface area contributed by atoms with E-state index in [4.69, 9.17) is 10.6 Å². The molecule has 5 nitrogen and oxygen atoms in total. The van der Waals surface area contributed by atoms with Gasteiger partial charge in [-0.15, -0.1) is 0 Å². The number of benzene rings is 2. The van der Waals surface area contributed by atoms with E-state index in [1.54, 1.807) is 13.2 Å². The molecule has 3 aromatic rings. The molecule has 106 valence electrons. The third-order valence-corrected chi connectivity index (χ3v) is 3.35. The Morgan fingerprint density at radius 1 is 1.05 bits per heavy atom. The lowest BCUT2D eigenvalue weighted by atomic mass is 10.0. The second kappa shape index (κ2) is 5.38. The molecular formula is C16H16N4O. The van der Waals surface area contributed by atoms with Crippen LogP contribution in [-0.2, 0) is 0 Å². The topological polar surface area (TPSA) is 73.1 Å². The normalized spacial score (nSPS) is 10.6. The number of fused-ring (bicyclic) bond motifs is 1. The molecule has 2 aromatic carbocycles. The lowest BCUT2D eigenvalue weighted by Gasteiger charge is -2.11. The number of anilines is 1. The Morgan fingerprint density at radius 2 is 1.81 bits per heavy atom. The van der Waals surface area contributed by atoms with Crippen LogP contribution >= 0.6 is 0 Å². The van der Waals surface area contributed by atoms with Crippen LogP contribution in [0.1, 0.15) is 5.69 Å². The number of rotatable bonds is 3. The minimum absolute atomic E-state index is 0.595. The molecular weight excluding hydrogens is 264 g/mol. The molecule has 3 N–H and O–H groups in total. The van der Waals surface area contributed by atoms with Gasteiger partial charge in [0.15, 0.2) is 5.82 Å².